The molecule has 2 aromatic rings. The number of aromatic carboxylic acids is 1. The van der Waals surface area contributed by atoms with Crippen LogP contribution < -0.4 is 4.90 Å². The summed E-state index contributed by atoms with van der Waals surface area (Å²) in [4.78, 5) is 13.5. The van der Waals surface area contributed by atoms with E-state index in [2.05, 4.69) is 11.8 Å². The number of carboxylic acid groups (broad SMARTS) is 1. The van der Waals surface area contributed by atoms with Crippen LogP contribution in [0.1, 0.15) is 30.1 Å². The van der Waals surface area contributed by atoms with Crippen molar-refractivity contribution in [1.82, 2.24) is 0 Å². The molecule has 1 aliphatic rings. The van der Waals surface area contributed by atoms with Gasteiger partial charge in [-0.25, -0.2) is 4.79 Å². The molecule has 1 aliphatic heterocycles. The van der Waals surface area contributed by atoms with Crippen molar-refractivity contribution in [3.63, 3.8) is 0 Å². The number of carboxylic acids is 1. The van der Waals surface area contributed by atoms with Gasteiger partial charge >= 0.3 is 5.97 Å². The predicted octanol–water partition coefficient (Wildman–Crippen LogP) is 3.88. The van der Waals surface area contributed by atoms with E-state index < -0.39 is 5.97 Å². The second kappa shape index (κ2) is 5.64. The molecule has 0 radical (unpaired) electrons. The van der Waals surface area contributed by atoms with Crippen molar-refractivity contribution in [2.24, 2.45) is 5.92 Å². The van der Waals surface area contributed by atoms with Gasteiger partial charge in [-0.05, 0) is 49.1 Å². The molecule has 1 aromatic heterocycles. The zero-order chi connectivity index (χ0) is 14.8. The lowest BCUT2D eigenvalue weighted by Gasteiger charge is -2.33. The van der Waals surface area contributed by atoms with Crippen molar-refractivity contribution in [1.29, 1.82) is 0 Å². The first-order valence-electron chi connectivity index (χ1n) is 7.31. The lowest BCUT2D eigenvalue weighted by molar-refractivity contribution is 0.0697. The highest BCUT2D eigenvalue weighted by Crippen LogP contribution is 2.34. The van der Waals surface area contributed by atoms with E-state index >= 15 is 0 Å². The Labute approximate surface area is 124 Å². The van der Waals surface area contributed by atoms with E-state index in [1.165, 1.54) is 0 Å². The Bertz CT molecular complexity index is 625. The van der Waals surface area contributed by atoms with Gasteiger partial charge in [0.1, 0.15) is 5.76 Å². The number of furan rings is 1. The largest absolute Gasteiger partial charge is 0.478 e. The summed E-state index contributed by atoms with van der Waals surface area (Å²) in [5.74, 6) is 0.556. The Morgan fingerprint density at radius 1 is 1.29 bits per heavy atom. The Kier molecular flexibility index (Phi) is 3.69. The van der Waals surface area contributed by atoms with Crippen molar-refractivity contribution < 1.29 is 14.3 Å². The zero-order valence-corrected chi connectivity index (χ0v) is 12.1. The van der Waals surface area contributed by atoms with Crippen LogP contribution in [0.15, 0.2) is 41.0 Å². The molecule has 0 atom stereocenters. The number of rotatable bonds is 3. The van der Waals surface area contributed by atoms with E-state index in [0.29, 0.717) is 5.76 Å². The maximum Gasteiger partial charge on any atom is 0.335 e. The lowest BCUT2D eigenvalue weighted by atomic mass is 9.97. The van der Waals surface area contributed by atoms with E-state index in [-0.39, 0.29) is 5.56 Å². The standard InChI is InChI=1S/C17H19NO3/c1-12-6-8-18(9-7-12)15-5-4-13(17(19)20)11-14(15)16-3-2-10-21-16/h2-5,10-12H,6-9H2,1H3,(H,19,20). The molecule has 0 bridgehead atoms. The van der Waals surface area contributed by atoms with E-state index in [9.17, 15) is 9.90 Å². The van der Waals surface area contributed by atoms with E-state index in [4.69, 9.17) is 4.42 Å². The molecule has 1 saturated heterocycles. The molecular weight excluding hydrogens is 266 g/mol. The van der Waals surface area contributed by atoms with Crippen molar-refractivity contribution in [2.75, 3.05) is 18.0 Å². The van der Waals surface area contributed by atoms with Crippen LogP contribution in [-0.2, 0) is 0 Å². The topological polar surface area (TPSA) is 53.7 Å². The fourth-order valence-electron chi connectivity index (χ4n) is 2.82. The summed E-state index contributed by atoms with van der Waals surface area (Å²) in [6, 6.07) is 8.97. The molecule has 0 unspecified atom stereocenters. The second-order valence-corrected chi connectivity index (χ2v) is 5.68. The SMILES string of the molecule is CC1CCN(c2ccc(C(=O)O)cc2-c2ccco2)CC1. The van der Waals surface area contributed by atoms with Crippen LogP contribution in [0.3, 0.4) is 0 Å². The van der Waals surface area contributed by atoms with Gasteiger partial charge in [0.15, 0.2) is 0 Å². The summed E-state index contributed by atoms with van der Waals surface area (Å²) in [7, 11) is 0. The molecule has 3 rings (SSSR count). The Morgan fingerprint density at radius 2 is 2.05 bits per heavy atom. The van der Waals surface area contributed by atoms with Gasteiger partial charge in [0.25, 0.3) is 0 Å². The number of hydrogen-bond acceptors (Lipinski definition) is 3. The van der Waals surface area contributed by atoms with Crippen LogP contribution in [0.4, 0.5) is 5.69 Å². The number of carbonyl (C=O) groups is 1. The highest BCUT2D eigenvalue weighted by atomic mass is 16.4. The van der Waals surface area contributed by atoms with Crippen LogP contribution >= 0.6 is 0 Å². The number of benzene rings is 1. The maximum absolute atomic E-state index is 11.2. The summed E-state index contributed by atoms with van der Waals surface area (Å²) in [5, 5.41) is 9.20. The van der Waals surface area contributed by atoms with E-state index in [0.717, 1.165) is 43.1 Å². The first kappa shape index (κ1) is 13.7. The van der Waals surface area contributed by atoms with Crippen LogP contribution in [0, 0.1) is 5.92 Å². The summed E-state index contributed by atoms with van der Waals surface area (Å²) in [6.07, 6.45) is 3.95. The quantitative estimate of drug-likeness (QED) is 0.929. The van der Waals surface area contributed by atoms with Crippen molar-refractivity contribution in [3.8, 4) is 11.3 Å². The molecule has 4 heteroatoms. The Balaban J connectivity index is 2.01. The highest BCUT2D eigenvalue weighted by Gasteiger charge is 2.21. The number of anilines is 1. The van der Waals surface area contributed by atoms with Gasteiger partial charge in [0.05, 0.1) is 11.8 Å². The third-order valence-corrected chi connectivity index (χ3v) is 4.15. The summed E-state index contributed by atoms with van der Waals surface area (Å²) >= 11 is 0. The number of nitrogens with zero attached hydrogens (tertiary/aromatic N) is 1. The van der Waals surface area contributed by atoms with Crippen LogP contribution in [-0.4, -0.2) is 24.2 Å². The van der Waals surface area contributed by atoms with Gasteiger partial charge in [-0.2, -0.15) is 0 Å². The third kappa shape index (κ3) is 2.79. The van der Waals surface area contributed by atoms with Gasteiger partial charge in [-0.3, -0.25) is 0 Å². The van der Waals surface area contributed by atoms with E-state index in [1.807, 2.05) is 18.2 Å². The molecule has 0 amide bonds. The van der Waals surface area contributed by atoms with E-state index in [1.54, 1.807) is 18.4 Å². The van der Waals surface area contributed by atoms with Crippen molar-refractivity contribution >= 4 is 11.7 Å². The van der Waals surface area contributed by atoms with Gasteiger partial charge < -0.3 is 14.4 Å². The Hall–Kier alpha value is -2.23. The first-order chi connectivity index (χ1) is 10.1. The number of hydrogen-bond donors (Lipinski definition) is 1. The molecule has 0 aliphatic carbocycles. The number of piperidine rings is 1. The van der Waals surface area contributed by atoms with Crippen LogP contribution in [0.25, 0.3) is 11.3 Å². The second-order valence-electron chi connectivity index (χ2n) is 5.68. The molecule has 1 fully saturated rings. The predicted molar refractivity (Wildman–Crippen MR) is 81.7 cm³/mol. The smallest absolute Gasteiger partial charge is 0.335 e. The normalized spacial score (nSPS) is 16.1. The molecule has 4 nitrogen and oxygen atoms in total. The minimum Gasteiger partial charge on any atom is -0.478 e. The molecule has 2 heterocycles. The molecule has 0 saturated carbocycles. The van der Waals surface area contributed by atoms with Gasteiger partial charge in [0.2, 0.25) is 0 Å². The van der Waals surface area contributed by atoms with Crippen LogP contribution in [0.5, 0.6) is 0 Å². The summed E-state index contributed by atoms with van der Waals surface area (Å²) < 4.78 is 5.49. The molecule has 1 aromatic carbocycles. The average Bonchev–Trinajstić information content (AvgIpc) is 3.01. The van der Waals surface area contributed by atoms with Gasteiger partial charge in [-0.1, -0.05) is 6.92 Å². The minimum atomic E-state index is -0.915. The van der Waals surface area contributed by atoms with Crippen LogP contribution in [0.2, 0.25) is 0 Å². The summed E-state index contributed by atoms with van der Waals surface area (Å²) in [6.45, 7) is 4.28. The van der Waals surface area contributed by atoms with Crippen molar-refractivity contribution in [3.05, 3.63) is 42.2 Å². The molecule has 0 spiro atoms. The fraction of sp³-hybridized carbons (Fsp3) is 0.353. The third-order valence-electron chi connectivity index (χ3n) is 4.15. The first-order valence-corrected chi connectivity index (χ1v) is 7.31. The maximum atomic E-state index is 11.2. The van der Waals surface area contributed by atoms with Gasteiger partial charge in [0, 0.05) is 24.3 Å². The molecular formula is C17H19NO3. The average molecular weight is 285 g/mol. The fourth-order valence-corrected chi connectivity index (χ4v) is 2.82. The highest BCUT2D eigenvalue weighted by molar-refractivity contribution is 5.91. The molecule has 21 heavy (non-hydrogen) atoms. The Morgan fingerprint density at radius 3 is 2.67 bits per heavy atom. The zero-order valence-electron chi connectivity index (χ0n) is 12.1. The van der Waals surface area contributed by atoms with Gasteiger partial charge in [-0.15, -0.1) is 0 Å². The van der Waals surface area contributed by atoms with Crippen molar-refractivity contribution in [2.45, 2.75) is 19.8 Å². The molecule has 110 valence electrons. The summed E-state index contributed by atoms with van der Waals surface area (Å²) in [5.41, 5.74) is 2.20. The molecule has 1 N–H and O–H groups in total. The monoisotopic (exact) mass is 285 g/mol. The minimum absolute atomic E-state index is 0.288. The lowest BCUT2D eigenvalue weighted by Crippen LogP contribution is -2.33.